The van der Waals surface area contributed by atoms with Crippen LogP contribution >= 0.6 is 0 Å². The number of hydrogen-bond donors (Lipinski definition) is 2. The molecule has 1 unspecified atom stereocenters. The van der Waals surface area contributed by atoms with Crippen LogP contribution in [0.15, 0.2) is 18.2 Å². The molecule has 0 fully saturated rings. The molecule has 1 aromatic rings. The van der Waals surface area contributed by atoms with E-state index in [1.165, 1.54) is 0 Å². The van der Waals surface area contributed by atoms with Crippen molar-refractivity contribution in [1.29, 1.82) is 0 Å². The summed E-state index contributed by atoms with van der Waals surface area (Å²) in [7, 11) is 0. The molecule has 0 heterocycles. The van der Waals surface area contributed by atoms with Gasteiger partial charge in [0.2, 0.25) is 0 Å². The van der Waals surface area contributed by atoms with E-state index in [1.54, 1.807) is 0 Å². The van der Waals surface area contributed by atoms with Crippen LogP contribution in [0.2, 0.25) is 0 Å². The molecule has 3 nitrogen and oxygen atoms in total. The molecule has 3 N–H and O–H groups in total. The number of nitrogens with two attached hydrogens (primary N) is 1. The zero-order chi connectivity index (χ0) is 10.0. The van der Waals surface area contributed by atoms with Gasteiger partial charge in [-0.1, -0.05) is 6.07 Å². The lowest BCUT2D eigenvalue weighted by Gasteiger charge is -2.08. The highest BCUT2D eigenvalue weighted by Crippen LogP contribution is 2.18. The number of carboxylic acids is 1. The summed E-state index contributed by atoms with van der Waals surface area (Å²) >= 11 is 0. The molecule has 0 bridgehead atoms. The molecule has 1 atom stereocenters. The van der Waals surface area contributed by atoms with E-state index in [4.69, 9.17) is 10.8 Å². The minimum absolute atomic E-state index is 0.616. The fourth-order valence-corrected chi connectivity index (χ4v) is 0.931. The van der Waals surface area contributed by atoms with Crippen molar-refractivity contribution >= 4 is 5.97 Å². The molecular weight excluding hydrogens is 180 g/mol. The zero-order valence-electron chi connectivity index (χ0n) is 6.50. The average Bonchev–Trinajstić information content (AvgIpc) is 2.03. The van der Waals surface area contributed by atoms with Gasteiger partial charge < -0.3 is 10.8 Å². The molecule has 70 valence electrons. The molecule has 0 spiro atoms. The van der Waals surface area contributed by atoms with Crippen LogP contribution in [0, 0.1) is 11.6 Å². The SMILES string of the molecule is NC(C(=O)O)c1c(F)cccc1F. The number of rotatable bonds is 2. The summed E-state index contributed by atoms with van der Waals surface area (Å²) in [4.78, 5) is 10.3. The van der Waals surface area contributed by atoms with Crippen LogP contribution in [0.1, 0.15) is 11.6 Å². The molecule has 0 saturated carbocycles. The Morgan fingerprint density at radius 1 is 1.38 bits per heavy atom. The molecular formula is C8H7F2NO2. The van der Waals surface area contributed by atoms with Gasteiger partial charge in [0.05, 0.1) is 5.56 Å². The van der Waals surface area contributed by atoms with Gasteiger partial charge in [0.15, 0.2) is 0 Å². The minimum Gasteiger partial charge on any atom is -0.480 e. The van der Waals surface area contributed by atoms with Crippen molar-refractivity contribution in [2.24, 2.45) is 5.73 Å². The van der Waals surface area contributed by atoms with Gasteiger partial charge in [-0.15, -0.1) is 0 Å². The maximum absolute atomic E-state index is 12.9. The highest BCUT2D eigenvalue weighted by atomic mass is 19.1. The van der Waals surface area contributed by atoms with Gasteiger partial charge in [-0.25, -0.2) is 8.78 Å². The molecule has 1 rings (SSSR count). The number of carbonyl (C=O) groups is 1. The number of hydrogen-bond acceptors (Lipinski definition) is 2. The van der Waals surface area contributed by atoms with Crippen molar-refractivity contribution in [2.45, 2.75) is 6.04 Å². The van der Waals surface area contributed by atoms with Gasteiger partial charge in [0.25, 0.3) is 0 Å². The predicted molar refractivity (Wildman–Crippen MR) is 40.9 cm³/mol. The molecule has 0 aliphatic carbocycles. The zero-order valence-corrected chi connectivity index (χ0v) is 6.50. The largest absolute Gasteiger partial charge is 0.480 e. The first-order valence-corrected chi connectivity index (χ1v) is 3.46. The average molecular weight is 187 g/mol. The second kappa shape index (κ2) is 3.49. The molecule has 0 aliphatic rings. The second-order valence-corrected chi connectivity index (χ2v) is 2.45. The Kier molecular flexibility index (Phi) is 2.57. The highest BCUT2D eigenvalue weighted by Gasteiger charge is 2.21. The summed E-state index contributed by atoms with van der Waals surface area (Å²) in [5, 5.41) is 8.43. The smallest absolute Gasteiger partial charge is 0.325 e. The predicted octanol–water partition coefficient (Wildman–Crippen LogP) is 1.05. The van der Waals surface area contributed by atoms with Crippen LogP contribution in [-0.2, 0) is 4.79 Å². The molecule has 0 aliphatic heterocycles. The fourth-order valence-electron chi connectivity index (χ4n) is 0.931. The van der Waals surface area contributed by atoms with E-state index in [0.29, 0.717) is 0 Å². The molecule has 0 aromatic heterocycles. The van der Waals surface area contributed by atoms with Crippen molar-refractivity contribution in [3.8, 4) is 0 Å². The lowest BCUT2D eigenvalue weighted by molar-refractivity contribution is -0.138. The molecule has 0 saturated heterocycles. The summed E-state index contributed by atoms with van der Waals surface area (Å²) in [5.41, 5.74) is 4.44. The first-order chi connectivity index (χ1) is 6.04. The number of halogens is 2. The van der Waals surface area contributed by atoms with Gasteiger partial charge >= 0.3 is 5.97 Å². The van der Waals surface area contributed by atoms with Crippen molar-refractivity contribution in [2.75, 3.05) is 0 Å². The van der Waals surface area contributed by atoms with Crippen LogP contribution in [-0.4, -0.2) is 11.1 Å². The Balaban J connectivity index is 3.20. The Morgan fingerprint density at radius 3 is 2.23 bits per heavy atom. The van der Waals surface area contributed by atoms with E-state index in [2.05, 4.69) is 0 Å². The summed E-state index contributed by atoms with van der Waals surface area (Å²) in [6, 6.07) is 1.40. The minimum atomic E-state index is -1.67. The maximum atomic E-state index is 12.9. The highest BCUT2D eigenvalue weighted by molar-refractivity contribution is 5.75. The van der Waals surface area contributed by atoms with Crippen molar-refractivity contribution in [3.05, 3.63) is 35.4 Å². The van der Waals surface area contributed by atoms with Gasteiger partial charge in [0.1, 0.15) is 17.7 Å². The van der Waals surface area contributed by atoms with Gasteiger partial charge in [0, 0.05) is 0 Å². The van der Waals surface area contributed by atoms with E-state index < -0.39 is 29.2 Å². The Hall–Kier alpha value is -1.49. The number of carboxylic acid groups (broad SMARTS) is 1. The van der Waals surface area contributed by atoms with E-state index in [9.17, 15) is 13.6 Å². The first-order valence-electron chi connectivity index (χ1n) is 3.46. The summed E-state index contributed by atoms with van der Waals surface area (Å²) < 4.78 is 25.8. The number of aliphatic carboxylic acids is 1. The molecule has 0 radical (unpaired) electrons. The molecule has 0 amide bonds. The van der Waals surface area contributed by atoms with Crippen molar-refractivity contribution in [1.82, 2.24) is 0 Å². The quantitative estimate of drug-likeness (QED) is 0.727. The molecule has 5 heteroatoms. The Morgan fingerprint density at radius 2 is 1.85 bits per heavy atom. The molecule has 13 heavy (non-hydrogen) atoms. The summed E-state index contributed by atoms with van der Waals surface area (Å²) in [5.74, 6) is -3.37. The van der Waals surface area contributed by atoms with Gasteiger partial charge in [-0.05, 0) is 12.1 Å². The van der Waals surface area contributed by atoms with Crippen LogP contribution in [0.5, 0.6) is 0 Å². The maximum Gasteiger partial charge on any atom is 0.325 e. The summed E-state index contributed by atoms with van der Waals surface area (Å²) in [6.45, 7) is 0. The number of benzene rings is 1. The Labute approximate surface area is 72.8 Å². The van der Waals surface area contributed by atoms with Crippen molar-refractivity contribution < 1.29 is 18.7 Å². The normalized spacial score (nSPS) is 12.5. The lowest BCUT2D eigenvalue weighted by atomic mass is 10.1. The van der Waals surface area contributed by atoms with E-state index >= 15 is 0 Å². The van der Waals surface area contributed by atoms with E-state index in [0.717, 1.165) is 18.2 Å². The first kappa shape index (κ1) is 9.60. The van der Waals surface area contributed by atoms with Crippen LogP contribution in [0.4, 0.5) is 8.78 Å². The van der Waals surface area contributed by atoms with Crippen molar-refractivity contribution in [3.63, 3.8) is 0 Å². The third-order valence-corrected chi connectivity index (χ3v) is 1.58. The van der Waals surface area contributed by atoms with Crippen LogP contribution in [0.3, 0.4) is 0 Å². The Bertz CT molecular complexity index is 321. The second-order valence-electron chi connectivity index (χ2n) is 2.45. The van der Waals surface area contributed by atoms with E-state index in [-0.39, 0.29) is 0 Å². The molecule has 1 aromatic carbocycles. The van der Waals surface area contributed by atoms with E-state index in [1.807, 2.05) is 0 Å². The van der Waals surface area contributed by atoms with Gasteiger partial charge in [-0.3, -0.25) is 4.79 Å². The van der Waals surface area contributed by atoms with Crippen LogP contribution in [0.25, 0.3) is 0 Å². The lowest BCUT2D eigenvalue weighted by Crippen LogP contribution is -2.23. The fraction of sp³-hybridized carbons (Fsp3) is 0.125. The topological polar surface area (TPSA) is 63.3 Å². The standard InChI is InChI=1S/C8H7F2NO2/c9-4-2-1-3-5(10)6(4)7(11)8(12)13/h1-3,7H,11H2,(H,12,13). The third-order valence-electron chi connectivity index (χ3n) is 1.58. The van der Waals surface area contributed by atoms with Gasteiger partial charge in [-0.2, -0.15) is 0 Å². The third kappa shape index (κ3) is 1.81. The monoisotopic (exact) mass is 187 g/mol. The van der Waals surface area contributed by atoms with Crippen LogP contribution < -0.4 is 5.73 Å². The summed E-state index contributed by atoms with van der Waals surface area (Å²) in [6.07, 6.45) is 0.